The molecule has 2 N–H and O–H groups in total. The van der Waals surface area contributed by atoms with E-state index >= 15 is 0 Å². The summed E-state index contributed by atoms with van der Waals surface area (Å²) in [6, 6.07) is 7.83. The van der Waals surface area contributed by atoms with Crippen molar-refractivity contribution < 1.29 is 9.90 Å². The SMILES string of the molecule is Cn1c(CC2CCC(C(=O)O)N2)nc2ccccc21. The zero-order valence-electron chi connectivity index (χ0n) is 10.8. The fraction of sp³-hybridized carbons (Fsp3) is 0.429. The molecule has 1 aliphatic rings. The van der Waals surface area contributed by atoms with E-state index in [4.69, 9.17) is 5.11 Å². The summed E-state index contributed by atoms with van der Waals surface area (Å²) in [5.74, 6) is 0.247. The number of carbonyl (C=O) groups is 1. The fourth-order valence-electron chi connectivity index (χ4n) is 2.77. The average Bonchev–Trinajstić information content (AvgIpc) is 2.97. The average molecular weight is 259 g/mol. The summed E-state index contributed by atoms with van der Waals surface area (Å²) < 4.78 is 2.09. The maximum absolute atomic E-state index is 10.9. The zero-order valence-corrected chi connectivity index (χ0v) is 10.8. The molecule has 1 aliphatic heterocycles. The molecule has 1 aromatic carbocycles. The van der Waals surface area contributed by atoms with E-state index in [0.29, 0.717) is 6.42 Å². The molecular weight excluding hydrogens is 242 g/mol. The Hall–Kier alpha value is -1.88. The van der Waals surface area contributed by atoms with Crippen LogP contribution in [0, 0.1) is 0 Å². The van der Waals surface area contributed by atoms with Crippen molar-refractivity contribution in [1.82, 2.24) is 14.9 Å². The molecule has 0 saturated carbocycles. The van der Waals surface area contributed by atoms with Gasteiger partial charge in [-0.3, -0.25) is 4.79 Å². The van der Waals surface area contributed by atoms with E-state index in [-0.39, 0.29) is 6.04 Å². The Kier molecular flexibility index (Phi) is 2.98. The number of aromatic nitrogens is 2. The summed E-state index contributed by atoms with van der Waals surface area (Å²) in [6.45, 7) is 0. The second kappa shape index (κ2) is 4.66. The minimum Gasteiger partial charge on any atom is -0.480 e. The quantitative estimate of drug-likeness (QED) is 0.872. The van der Waals surface area contributed by atoms with Crippen molar-refractivity contribution in [2.24, 2.45) is 7.05 Å². The molecule has 19 heavy (non-hydrogen) atoms. The van der Waals surface area contributed by atoms with Crippen molar-refractivity contribution >= 4 is 17.0 Å². The second-order valence-electron chi connectivity index (χ2n) is 5.11. The van der Waals surface area contributed by atoms with Gasteiger partial charge in [0.1, 0.15) is 11.9 Å². The third kappa shape index (κ3) is 2.21. The largest absolute Gasteiger partial charge is 0.480 e. The number of para-hydroxylation sites is 2. The molecule has 0 amide bonds. The predicted octanol–water partition coefficient (Wildman–Crippen LogP) is 1.32. The number of carboxylic acids is 1. The molecule has 2 unspecified atom stereocenters. The van der Waals surface area contributed by atoms with Gasteiger partial charge >= 0.3 is 5.97 Å². The molecule has 0 bridgehead atoms. The number of imidazole rings is 1. The van der Waals surface area contributed by atoms with E-state index in [1.807, 2.05) is 31.3 Å². The molecule has 1 saturated heterocycles. The Labute approximate surface area is 111 Å². The smallest absolute Gasteiger partial charge is 0.320 e. The molecule has 2 atom stereocenters. The first kappa shape index (κ1) is 12.2. The highest BCUT2D eigenvalue weighted by molar-refractivity contribution is 5.76. The van der Waals surface area contributed by atoms with Crippen LogP contribution in [0.3, 0.4) is 0 Å². The standard InChI is InChI=1S/C14H17N3O2/c1-17-12-5-3-2-4-10(12)16-13(17)8-9-6-7-11(15-9)14(18)19/h2-5,9,11,15H,6-8H2,1H3,(H,18,19). The monoisotopic (exact) mass is 259 g/mol. The second-order valence-corrected chi connectivity index (χ2v) is 5.11. The normalized spacial score (nSPS) is 23.0. The van der Waals surface area contributed by atoms with Gasteiger partial charge in [-0.05, 0) is 25.0 Å². The highest BCUT2D eigenvalue weighted by atomic mass is 16.4. The van der Waals surface area contributed by atoms with Crippen LogP contribution in [0.15, 0.2) is 24.3 Å². The van der Waals surface area contributed by atoms with Crippen LogP contribution in [0.4, 0.5) is 0 Å². The van der Waals surface area contributed by atoms with Gasteiger partial charge in [0.05, 0.1) is 11.0 Å². The van der Waals surface area contributed by atoms with Gasteiger partial charge in [-0.15, -0.1) is 0 Å². The summed E-state index contributed by atoms with van der Waals surface area (Å²) in [5, 5.41) is 12.1. The van der Waals surface area contributed by atoms with E-state index in [0.717, 1.165) is 29.7 Å². The molecule has 0 radical (unpaired) electrons. The Bertz CT molecular complexity index is 620. The number of hydrogen-bond donors (Lipinski definition) is 2. The predicted molar refractivity (Wildman–Crippen MR) is 72.0 cm³/mol. The van der Waals surface area contributed by atoms with E-state index in [2.05, 4.69) is 14.9 Å². The Balaban J connectivity index is 1.79. The van der Waals surface area contributed by atoms with E-state index < -0.39 is 12.0 Å². The Morgan fingerprint density at radius 2 is 2.26 bits per heavy atom. The lowest BCUT2D eigenvalue weighted by molar-refractivity contribution is -0.139. The number of aryl methyl sites for hydroxylation is 1. The summed E-state index contributed by atoms with van der Waals surface area (Å²) in [7, 11) is 2.01. The number of rotatable bonds is 3. The van der Waals surface area contributed by atoms with Gasteiger partial charge < -0.3 is 15.0 Å². The zero-order chi connectivity index (χ0) is 13.4. The van der Waals surface area contributed by atoms with E-state index in [9.17, 15) is 4.79 Å². The first-order valence-corrected chi connectivity index (χ1v) is 6.54. The maximum Gasteiger partial charge on any atom is 0.320 e. The molecule has 2 aromatic rings. The third-order valence-corrected chi connectivity index (χ3v) is 3.85. The van der Waals surface area contributed by atoms with Crippen molar-refractivity contribution in [2.45, 2.75) is 31.3 Å². The van der Waals surface area contributed by atoms with Crippen LogP contribution in [0.1, 0.15) is 18.7 Å². The van der Waals surface area contributed by atoms with Crippen LogP contribution < -0.4 is 5.32 Å². The molecule has 1 fully saturated rings. The molecular formula is C14H17N3O2. The minimum atomic E-state index is -0.757. The summed E-state index contributed by atoms with van der Waals surface area (Å²) in [6.07, 6.45) is 2.36. The van der Waals surface area contributed by atoms with Crippen molar-refractivity contribution in [3.05, 3.63) is 30.1 Å². The lowest BCUT2D eigenvalue weighted by Gasteiger charge is -2.11. The van der Waals surface area contributed by atoms with Gasteiger partial charge in [0.2, 0.25) is 0 Å². The number of fused-ring (bicyclic) bond motifs is 1. The Morgan fingerprint density at radius 1 is 1.47 bits per heavy atom. The van der Waals surface area contributed by atoms with Crippen LogP contribution in [-0.4, -0.2) is 32.7 Å². The van der Waals surface area contributed by atoms with Gasteiger partial charge in [0, 0.05) is 19.5 Å². The van der Waals surface area contributed by atoms with Crippen molar-refractivity contribution in [3.63, 3.8) is 0 Å². The summed E-state index contributed by atoms with van der Waals surface area (Å²) in [4.78, 5) is 15.5. The number of hydrogen-bond acceptors (Lipinski definition) is 3. The molecule has 1 aromatic heterocycles. The lowest BCUT2D eigenvalue weighted by Crippen LogP contribution is -2.36. The van der Waals surface area contributed by atoms with Crippen LogP contribution in [0.5, 0.6) is 0 Å². The molecule has 0 spiro atoms. The van der Waals surface area contributed by atoms with E-state index in [1.165, 1.54) is 0 Å². The highest BCUT2D eigenvalue weighted by Crippen LogP contribution is 2.19. The molecule has 3 rings (SSSR count). The van der Waals surface area contributed by atoms with Crippen LogP contribution >= 0.6 is 0 Å². The molecule has 5 heteroatoms. The number of nitrogens with zero attached hydrogens (tertiary/aromatic N) is 2. The van der Waals surface area contributed by atoms with Gasteiger partial charge in [-0.2, -0.15) is 0 Å². The fourth-order valence-corrected chi connectivity index (χ4v) is 2.77. The van der Waals surface area contributed by atoms with Gasteiger partial charge in [0.25, 0.3) is 0 Å². The van der Waals surface area contributed by atoms with Gasteiger partial charge in [0.15, 0.2) is 0 Å². The maximum atomic E-state index is 10.9. The van der Waals surface area contributed by atoms with Crippen molar-refractivity contribution in [3.8, 4) is 0 Å². The molecule has 0 aliphatic carbocycles. The van der Waals surface area contributed by atoms with Gasteiger partial charge in [-0.1, -0.05) is 12.1 Å². The summed E-state index contributed by atoms with van der Waals surface area (Å²) in [5.41, 5.74) is 2.11. The van der Waals surface area contributed by atoms with Crippen molar-refractivity contribution in [1.29, 1.82) is 0 Å². The van der Waals surface area contributed by atoms with Crippen LogP contribution in [0.25, 0.3) is 11.0 Å². The van der Waals surface area contributed by atoms with Crippen LogP contribution in [-0.2, 0) is 18.3 Å². The molecule has 5 nitrogen and oxygen atoms in total. The number of nitrogens with one attached hydrogen (secondary N) is 1. The third-order valence-electron chi connectivity index (χ3n) is 3.85. The first-order chi connectivity index (χ1) is 9.15. The van der Waals surface area contributed by atoms with E-state index in [1.54, 1.807) is 0 Å². The molecule has 2 heterocycles. The Morgan fingerprint density at radius 3 is 2.95 bits per heavy atom. The number of carboxylic acid groups (broad SMARTS) is 1. The molecule has 100 valence electrons. The van der Waals surface area contributed by atoms with Crippen LogP contribution in [0.2, 0.25) is 0 Å². The van der Waals surface area contributed by atoms with Gasteiger partial charge in [-0.25, -0.2) is 4.98 Å². The summed E-state index contributed by atoms with van der Waals surface area (Å²) >= 11 is 0. The number of benzene rings is 1. The lowest BCUT2D eigenvalue weighted by atomic mass is 10.1. The topological polar surface area (TPSA) is 67.2 Å². The van der Waals surface area contributed by atoms with Crippen molar-refractivity contribution in [2.75, 3.05) is 0 Å². The first-order valence-electron chi connectivity index (χ1n) is 6.54. The highest BCUT2D eigenvalue weighted by Gasteiger charge is 2.29. The minimum absolute atomic E-state index is 0.205. The number of aliphatic carboxylic acids is 1.